The maximum absolute atomic E-state index is 12.3. The summed E-state index contributed by atoms with van der Waals surface area (Å²) >= 11 is 1.61. The average Bonchev–Trinajstić information content (AvgIpc) is 2.84. The number of β-amino-alcohol motifs (C(OH)–C–C–N with tert-alkyl or cyclic N) is 1. The second-order valence-corrected chi connectivity index (χ2v) is 5.68. The smallest absolute Gasteiger partial charge is 0.229 e. The van der Waals surface area contributed by atoms with Crippen molar-refractivity contribution < 1.29 is 9.90 Å². The monoisotopic (exact) mass is 253 g/mol. The van der Waals surface area contributed by atoms with Crippen molar-refractivity contribution in [1.29, 1.82) is 0 Å². The fourth-order valence-corrected chi connectivity index (χ4v) is 2.94. The van der Waals surface area contributed by atoms with Gasteiger partial charge < -0.3 is 10.0 Å². The van der Waals surface area contributed by atoms with Crippen molar-refractivity contribution >= 4 is 17.2 Å². The first kappa shape index (κ1) is 12.6. The molecule has 17 heavy (non-hydrogen) atoms. The molecule has 1 N–H and O–H groups in total. The number of likely N-dealkylation sites (tertiary alicyclic amines) is 1. The Labute approximate surface area is 106 Å². The molecule has 1 saturated heterocycles. The fourth-order valence-electron chi connectivity index (χ4n) is 2.19. The molecule has 0 bridgehead atoms. The van der Waals surface area contributed by atoms with Gasteiger partial charge in [-0.05, 0) is 41.7 Å². The summed E-state index contributed by atoms with van der Waals surface area (Å²) in [5, 5.41) is 13.8. The van der Waals surface area contributed by atoms with Gasteiger partial charge in [-0.3, -0.25) is 4.79 Å². The van der Waals surface area contributed by atoms with E-state index in [1.165, 1.54) is 0 Å². The van der Waals surface area contributed by atoms with Crippen LogP contribution in [0.3, 0.4) is 0 Å². The van der Waals surface area contributed by atoms with Crippen molar-refractivity contribution in [2.24, 2.45) is 5.92 Å². The first-order valence-electron chi connectivity index (χ1n) is 6.08. The molecule has 1 aromatic rings. The standard InChI is InChI=1S/C13H19NO2S/c1-9-3-5-14(7-12(9)15)13(16)10(2)11-4-6-17-8-11/h4,6,8-10,12,15H,3,5,7H2,1-2H3. The predicted molar refractivity (Wildman–Crippen MR) is 69.1 cm³/mol. The third-order valence-corrected chi connectivity index (χ3v) is 4.35. The highest BCUT2D eigenvalue weighted by molar-refractivity contribution is 7.08. The summed E-state index contributed by atoms with van der Waals surface area (Å²) in [5.41, 5.74) is 1.08. The molecule has 1 aliphatic heterocycles. The van der Waals surface area contributed by atoms with E-state index in [-0.39, 0.29) is 17.9 Å². The number of carbonyl (C=O) groups is 1. The van der Waals surface area contributed by atoms with Gasteiger partial charge in [0.1, 0.15) is 0 Å². The SMILES string of the molecule is CC(C(=O)N1CCC(C)C(O)C1)c1ccsc1. The van der Waals surface area contributed by atoms with E-state index in [1.807, 2.05) is 30.7 Å². The number of thiophene rings is 1. The van der Waals surface area contributed by atoms with E-state index in [0.717, 1.165) is 18.5 Å². The van der Waals surface area contributed by atoms with Crippen LogP contribution in [0.5, 0.6) is 0 Å². The number of rotatable bonds is 2. The quantitative estimate of drug-likeness (QED) is 0.876. The third-order valence-electron chi connectivity index (χ3n) is 3.64. The summed E-state index contributed by atoms with van der Waals surface area (Å²) < 4.78 is 0. The Balaban J connectivity index is 2.01. The maximum atomic E-state index is 12.3. The third kappa shape index (κ3) is 2.69. The van der Waals surface area contributed by atoms with Gasteiger partial charge in [0.05, 0.1) is 12.0 Å². The van der Waals surface area contributed by atoms with E-state index < -0.39 is 0 Å². The van der Waals surface area contributed by atoms with Crippen LogP contribution in [0.4, 0.5) is 0 Å². The van der Waals surface area contributed by atoms with Gasteiger partial charge in [-0.15, -0.1) is 0 Å². The Morgan fingerprint density at radius 3 is 3.00 bits per heavy atom. The molecule has 3 nitrogen and oxygen atoms in total. The first-order valence-corrected chi connectivity index (χ1v) is 7.03. The second kappa shape index (κ2) is 5.19. The molecular formula is C13H19NO2S. The molecule has 0 aliphatic carbocycles. The van der Waals surface area contributed by atoms with E-state index in [1.54, 1.807) is 16.2 Å². The fraction of sp³-hybridized carbons (Fsp3) is 0.615. The molecule has 1 aromatic heterocycles. The van der Waals surface area contributed by atoms with Crippen LogP contribution in [0.25, 0.3) is 0 Å². The number of hydrogen-bond donors (Lipinski definition) is 1. The number of piperidine rings is 1. The van der Waals surface area contributed by atoms with Crippen molar-refractivity contribution in [3.05, 3.63) is 22.4 Å². The van der Waals surface area contributed by atoms with E-state index in [4.69, 9.17) is 0 Å². The molecule has 0 radical (unpaired) electrons. The minimum atomic E-state index is -0.373. The van der Waals surface area contributed by atoms with Gasteiger partial charge in [0, 0.05) is 13.1 Å². The van der Waals surface area contributed by atoms with Crippen molar-refractivity contribution in [2.45, 2.75) is 32.3 Å². The van der Waals surface area contributed by atoms with Crippen LogP contribution >= 0.6 is 11.3 Å². The van der Waals surface area contributed by atoms with E-state index in [0.29, 0.717) is 12.5 Å². The topological polar surface area (TPSA) is 40.5 Å². The molecule has 2 heterocycles. The van der Waals surface area contributed by atoms with Gasteiger partial charge in [-0.1, -0.05) is 6.92 Å². The van der Waals surface area contributed by atoms with Crippen LogP contribution in [0.15, 0.2) is 16.8 Å². The van der Waals surface area contributed by atoms with Crippen molar-refractivity contribution in [3.63, 3.8) is 0 Å². The Morgan fingerprint density at radius 2 is 2.41 bits per heavy atom. The zero-order valence-corrected chi connectivity index (χ0v) is 11.1. The highest BCUT2D eigenvalue weighted by atomic mass is 32.1. The predicted octanol–water partition coefficient (Wildman–Crippen LogP) is 2.08. The van der Waals surface area contributed by atoms with Gasteiger partial charge in [0.2, 0.25) is 5.91 Å². The molecule has 0 saturated carbocycles. The zero-order chi connectivity index (χ0) is 12.4. The maximum Gasteiger partial charge on any atom is 0.229 e. The molecule has 2 rings (SSSR count). The molecule has 0 spiro atoms. The Bertz CT molecular complexity index is 377. The van der Waals surface area contributed by atoms with Crippen LogP contribution in [-0.4, -0.2) is 35.1 Å². The van der Waals surface area contributed by atoms with Crippen LogP contribution in [0.1, 0.15) is 31.7 Å². The highest BCUT2D eigenvalue weighted by Crippen LogP contribution is 2.24. The minimum absolute atomic E-state index is 0.0955. The molecule has 1 amide bonds. The number of nitrogens with zero attached hydrogens (tertiary/aromatic N) is 1. The average molecular weight is 253 g/mol. The van der Waals surface area contributed by atoms with Crippen molar-refractivity contribution in [2.75, 3.05) is 13.1 Å². The minimum Gasteiger partial charge on any atom is -0.391 e. The molecule has 0 aromatic carbocycles. The molecule has 94 valence electrons. The van der Waals surface area contributed by atoms with Crippen LogP contribution < -0.4 is 0 Å². The molecule has 4 heteroatoms. The molecule has 1 fully saturated rings. The van der Waals surface area contributed by atoms with Crippen LogP contribution in [0.2, 0.25) is 0 Å². The van der Waals surface area contributed by atoms with Crippen LogP contribution in [0, 0.1) is 5.92 Å². The Kier molecular flexibility index (Phi) is 3.84. The van der Waals surface area contributed by atoms with Gasteiger partial charge >= 0.3 is 0 Å². The highest BCUT2D eigenvalue weighted by Gasteiger charge is 2.30. The van der Waals surface area contributed by atoms with Gasteiger partial charge in [0.25, 0.3) is 0 Å². The summed E-state index contributed by atoms with van der Waals surface area (Å²) in [6, 6.07) is 2.00. The number of aliphatic hydroxyl groups is 1. The number of amides is 1. The number of carbonyl (C=O) groups excluding carboxylic acids is 1. The lowest BCUT2D eigenvalue weighted by molar-refractivity contribution is -0.136. The molecule has 1 aliphatic rings. The summed E-state index contributed by atoms with van der Waals surface area (Å²) in [6.07, 6.45) is 0.519. The zero-order valence-electron chi connectivity index (χ0n) is 10.3. The van der Waals surface area contributed by atoms with E-state index in [9.17, 15) is 9.90 Å². The second-order valence-electron chi connectivity index (χ2n) is 4.90. The first-order chi connectivity index (χ1) is 8.09. The summed E-state index contributed by atoms with van der Waals surface area (Å²) in [5.74, 6) is 0.340. The largest absolute Gasteiger partial charge is 0.391 e. The lowest BCUT2D eigenvalue weighted by Gasteiger charge is -2.35. The van der Waals surface area contributed by atoms with E-state index in [2.05, 4.69) is 0 Å². The van der Waals surface area contributed by atoms with Crippen molar-refractivity contribution in [1.82, 2.24) is 4.90 Å². The molecule has 3 atom stereocenters. The molecular weight excluding hydrogens is 234 g/mol. The lowest BCUT2D eigenvalue weighted by Crippen LogP contribution is -2.47. The lowest BCUT2D eigenvalue weighted by atomic mass is 9.94. The van der Waals surface area contributed by atoms with Gasteiger partial charge in [-0.25, -0.2) is 0 Å². The summed E-state index contributed by atoms with van der Waals surface area (Å²) in [7, 11) is 0. The number of aliphatic hydroxyl groups excluding tert-OH is 1. The number of hydrogen-bond acceptors (Lipinski definition) is 3. The van der Waals surface area contributed by atoms with Crippen molar-refractivity contribution in [3.8, 4) is 0 Å². The summed E-state index contributed by atoms with van der Waals surface area (Å²) in [4.78, 5) is 14.1. The molecule has 3 unspecified atom stereocenters. The Morgan fingerprint density at radius 1 is 1.65 bits per heavy atom. The normalized spacial score (nSPS) is 26.9. The van der Waals surface area contributed by atoms with E-state index >= 15 is 0 Å². The Hall–Kier alpha value is -0.870. The summed E-state index contributed by atoms with van der Waals surface area (Å²) in [6.45, 7) is 5.23. The van der Waals surface area contributed by atoms with Gasteiger partial charge in [0.15, 0.2) is 0 Å². The van der Waals surface area contributed by atoms with Crippen LogP contribution in [-0.2, 0) is 4.79 Å². The van der Waals surface area contributed by atoms with Gasteiger partial charge in [-0.2, -0.15) is 11.3 Å².